The average Bonchev–Trinajstić information content (AvgIpc) is 2.45. The van der Waals surface area contributed by atoms with E-state index in [2.05, 4.69) is 15.6 Å². The van der Waals surface area contributed by atoms with Gasteiger partial charge in [0.05, 0.1) is 11.8 Å². The number of nitrogens with zero attached hydrogens (tertiary/aromatic N) is 1. The molecule has 0 atom stereocenters. The van der Waals surface area contributed by atoms with Crippen LogP contribution in [0.15, 0.2) is 30.5 Å². The summed E-state index contributed by atoms with van der Waals surface area (Å²) in [4.78, 5) is 16.0. The molecule has 4 nitrogen and oxygen atoms in total. The number of rotatable bonds is 4. The summed E-state index contributed by atoms with van der Waals surface area (Å²) in [5.74, 6) is -1.31. The van der Waals surface area contributed by atoms with E-state index in [0.717, 1.165) is 12.3 Å². The fourth-order valence-corrected chi connectivity index (χ4v) is 1.79. The fraction of sp³-hybridized carbons (Fsp3) is 0.200. The van der Waals surface area contributed by atoms with E-state index in [1.807, 2.05) is 6.92 Å². The highest BCUT2D eigenvalue weighted by Gasteiger charge is 2.14. The van der Waals surface area contributed by atoms with Crippen LogP contribution in [0.3, 0.4) is 0 Å². The molecule has 2 N–H and O–H groups in total. The predicted molar refractivity (Wildman–Crippen MR) is 77.4 cm³/mol. The monoisotopic (exact) mass is 291 g/mol. The van der Waals surface area contributed by atoms with E-state index in [1.54, 1.807) is 19.1 Å². The van der Waals surface area contributed by atoms with Crippen LogP contribution in [0.25, 0.3) is 0 Å². The summed E-state index contributed by atoms with van der Waals surface area (Å²) < 4.78 is 26.7. The topological polar surface area (TPSA) is 54.0 Å². The second-order valence-corrected chi connectivity index (χ2v) is 4.50. The Hall–Kier alpha value is -2.50. The van der Waals surface area contributed by atoms with Gasteiger partial charge in [0.1, 0.15) is 17.5 Å². The molecular weight excluding hydrogens is 276 g/mol. The SMILES string of the molecule is CCNc1ncc(F)cc1C(=O)Nc1ccc(C)c(F)c1. The molecule has 1 heterocycles. The number of carbonyl (C=O) groups excluding carboxylic acids is 1. The molecule has 1 amide bonds. The van der Waals surface area contributed by atoms with Crippen molar-refractivity contribution in [3.05, 3.63) is 53.2 Å². The third kappa shape index (κ3) is 3.53. The number of nitrogens with one attached hydrogen (secondary N) is 2. The number of aryl methyl sites for hydroxylation is 1. The molecule has 110 valence electrons. The number of hydrogen-bond donors (Lipinski definition) is 2. The third-order valence-corrected chi connectivity index (χ3v) is 2.87. The van der Waals surface area contributed by atoms with Crippen LogP contribution in [-0.2, 0) is 0 Å². The van der Waals surface area contributed by atoms with Gasteiger partial charge in [-0.15, -0.1) is 0 Å². The predicted octanol–water partition coefficient (Wildman–Crippen LogP) is 3.35. The van der Waals surface area contributed by atoms with Gasteiger partial charge in [0.2, 0.25) is 0 Å². The smallest absolute Gasteiger partial charge is 0.259 e. The molecule has 0 saturated carbocycles. The molecule has 0 radical (unpaired) electrons. The first kappa shape index (κ1) is 14.9. The lowest BCUT2D eigenvalue weighted by Gasteiger charge is -2.10. The van der Waals surface area contributed by atoms with Gasteiger partial charge in [0.25, 0.3) is 5.91 Å². The van der Waals surface area contributed by atoms with Crippen molar-refractivity contribution < 1.29 is 13.6 Å². The van der Waals surface area contributed by atoms with Gasteiger partial charge in [-0.2, -0.15) is 0 Å². The molecule has 6 heteroatoms. The number of benzene rings is 1. The second kappa shape index (κ2) is 6.30. The first-order valence-corrected chi connectivity index (χ1v) is 6.48. The molecule has 0 spiro atoms. The Balaban J connectivity index is 2.27. The summed E-state index contributed by atoms with van der Waals surface area (Å²) in [6.45, 7) is 4.00. The number of hydrogen-bond acceptors (Lipinski definition) is 3. The van der Waals surface area contributed by atoms with Crippen LogP contribution in [0, 0.1) is 18.6 Å². The summed E-state index contributed by atoms with van der Waals surface area (Å²) >= 11 is 0. The van der Waals surface area contributed by atoms with E-state index in [1.165, 1.54) is 6.07 Å². The highest BCUT2D eigenvalue weighted by Crippen LogP contribution is 2.18. The maximum Gasteiger partial charge on any atom is 0.259 e. The molecule has 0 bridgehead atoms. The normalized spacial score (nSPS) is 10.3. The standard InChI is InChI=1S/C15H15F2N3O/c1-3-18-14-12(6-10(16)8-19-14)15(21)20-11-5-4-9(2)13(17)7-11/h4-8H,3H2,1-2H3,(H,18,19)(H,20,21). The Morgan fingerprint density at radius 3 is 2.71 bits per heavy atom. The highest BCUT2D eigenvalue weighted by molar-refractivity contribution is 6.07. The Labute approximate surface area is 121 Å². The molecule has 0 saturated heterocycles. The van der Waals surface area contributed by atoms with Crippen molar-refractivity contribution in [1.29, 1.82) is 0 Å². The first-order valence-electron chi connectivity index (χ1n) is 6.48. The van der Waals surface area contributed by atoms with E-state index in [4.69, 9.17) is 0 Å². The maximum absolute atomic E-state index is 13.5. The van der Waals surface area contributed by atoms with E-state index in [-0.39, 0.29) is 11.4 Å². The molecule has 0 aliphatic rings. The van der Waals surface area contributed by atoms with Crippen molar-refractivity contribution in [1.82, 2.24) is 4.98 Å². The minimum atomic E-state index is -0.614. The van der Waals surface area contributed by atoms with E-state index in [9.17, 15) is 13.6 Å². The van der Waals surface area contributed by atoms with Crippen molar-refractivity contribution in [2.75, 3.05) is 17.2 Å². The van der Waals surface area contributed by atoms with Crippen molar-refractivity contribution >= 4 is 17.4 Å². The molecule has 0 fully saturated rings. The van der Waals surface area contributed by atoms with Gasteiger partial charge in [-0.05, 0) is 37.6 Å². The van der Waals surface area contributed by atoms with Gasteiger partial charge in [0, 0.05) is 12.2 Å². The number of anilines is 2. The summed E-state index contributed by atoms with van der Waals surface area (Å²) in [7, 11) is 0. The molecular formula is C15H15F2N3O. The summed E-state index contributed by atoms with van der Waals surface area (Å²) in [5.41, 5.74) is 0.849. The lowest BCUT2D eigenvalue weighted by Crippen LogP contribution is -2.16. The van der Waals surface area contributed by atoms with Crippen molar-refractivity contribution in [2.24, 2.45) is 0 Å². The fourth-order valence-electron chi connectivity index (χ4n) is 1.79. The molecule has 0 unspecified atom stereocenters. The molecule has 0 aliphatic carbocycles. The van der Waals surface area contributed by atoms with Crippen LogP contribution in [-0.4, -0.2) is 17.4 Å². The quantitative estimate of drug-likeness (QED) is 0.908. The van der Waals surface area contributed by atoms with Crippen LogP contribution in [0.4, 0.5) is 20.3 Å². The largest absolute Gasteiger partial charge is 0.370 e. The highest BCUT2D eigenvalue weighted by atomic mass is 19.1. The lowest BCUT2D eigenvalue weighted by molar-refractivity contribution is 0.102. The summed E-state index contributed by atoms with van der Waals surface area (Å²) in [6.07, 6.45) is 1.03. The Bertz CT molecular complexity index is 674. The van der Waals surface area contributed by atoms with Gasteiger partial charge >= 0.3 is 0 Å². The average molecular weight is 291 g/mol. The zero-order valence-electron chi connectivity index (χ0n) is 11.7. The third-order valence-electron chi connectivity index (χ3n) is 2.87. The molecule has 2 aromatic rings. The molecule has 1 aromatic carbocycles. The maximum atomic E-state index is 13.5. The van der Waals surface area contributed by atoms with Crippen molar-refractivity contribution in [3.63, 3.8) is 0 Å². The lowest BCUT2D eigenvalue weighted by atomic mass is 10.2. The Morgan fingerprint density at radius 2 is 2.05 bits per heavy atom. The molecule has 2 rings (SSSR count). The second-order valence-electron chi connectivity index (χ2n) is 4.50. The summed E-state index contributed by atoms with van der Waals surface area (Å²) in [5, 5.41) is 5.40. The Kier molecular flexibility index (Phi) is 4.47. The number of amides is 1. The molecule has 1 aromatic heterocycles. The van der Waals surface area contributed by atoms with Crippen molar-refractivity contribution in [3.8, 4) is 0 Å². The minimum absolute atomic E-state index is 0.0674. The number of aromatic nitrogens is 1. The van der Waals surface area contributed by atoms with E-state index in [0.29, 0.717) is 17.8 Å². The molecule has 0 aliphatic heterocycles. The van der Waals surface area contributed by atoms with Gasteiger partial charge < -0.3 is 10.6 Å². The zero-order valence-corrected chi connectivity index (χ0v) is 11.7. The summed E-state index contributed by atoms with van der Waals surface area (Å²) in [6, 6.07) is 5.44. The van der Waals surface area contributed by atoms with Crippen LogP contribution in [0.2, 0.25) is 0 Å². The number of carbonyl (C=O) groups is 1. The number of halogens is 2. The Morgan fingerprint density at radius 1 is 1.29 bits per heavy atom. The van der Waals surface area contributed by atoms with Crippen LogP contribution < -0.4 is 10.6 Å². The van der Waals surface area contributed by atoms with Gasteiger partial charge in [-0.1, -0.05) is 6.07 Å². The van der Waals surface area contributed by atoms with Gasteiger partial charge in [-0.3, -0.25) is 4.79 Å². The van der Waals surface area contributed by atoms with Gasteiger partial charge in [0.15, 0.2) is 0 Å². The van der Waals surface area contributed by atoms with Gasteiger partial charge in [-0.25, -0.2) is 13.8 Å². The molecule has 21 heavy (non-hydrogen) atoms. The van der Waals surface area contributed by atoms with Crippen LogP contribution >= 0.6 is 0 Å². The van der Waals surface area contributed by atoms with Crippen LogP contribution in [0.5, 0.6) is 0 Å². The first-order chi connectivity index (χ1) is 10.0. The number of pyridine rings is 1. The van der Waals surface area contributed by atoms with E-state index < -0.39 is 17.5 Å². The van der Waals surface area contributed by atoms with Crippen molar-refractivity contribution in [2.45, 2.75) is 13.8 Å². The minimum Gasteiger partial charge on any atom is -0.370 e. The van der Waals surface area contributed by atoms with Crippen LogP contribution in [0.1, 0.15) is 22.8 Å². The zero-order chi connectivity index (χ0) is 15.4. The van der Waals surface area contributed by atoms with E-state index >= 15 is 0 Å².